The molecule has 18 heavy (non-hydrogen) atoms. The lowest BCUT2D eigenvalue weighted by Crippen LogP contribution is -2.20. The molecule has 0 fully saturated rings. The highest BCUT2D eigenvalue weighted by Crippen LogP contribution is 2.25. The number of rotatable bonds is 5. The first kappa shape index (κ1) is 14.9. The van der Waals surface area contributed by atoms with E-state index in [4.69, 9.17) is 16.3 Å². The second kappa shape index (κ2) is 6.70. The minimum absolute atomic E-state index is 0.0408. The Bertz CT molecular complexity index is 466. The lowest BCUT2D eigenvalue weighted by atomic mass is 10.1. The van der Waals surface area contributed by atoms with E-state index in [0.29, 0.717) is 10.0 Å². The first-order chi connectivity index (χ1) is 8.45. The standard InChI is InChI=1S/C11H11BrClNO4/c1-2-18-11(15)10(13)6-7-5-8(14(16)17)3-4-9(7)12/h3-5,10H,2,6H2,1H3. The first-order valence-corrected chi connectivity index (χ1v) is 6.42. The summed E-state index contributed by atoms with van der Waals surface area (Å²) in [7, 11) is 0. The summed E-state index contributed by atoms with van der Waals surface area (Å²) in [6.07, 6.45) is 0.169. The zero-order valence-corrected chi connectivity index (χ0v) is 11.9. The molecule has 7 heteroatoms. The summed E-state index contributed by atoms with van der Waals surface area (Å²) in [6.45, 7) is 1.93. The Labute approximate surface area is 117 Å². The van der Waals surface area contributed by atoms with E-state index in [-0.39, 0.29) is 18.7 Å². The predicted molar refractivity (Wildman–Crippen MR) is 70.8 cm³/mol. The minimum atomic E-state index is -0.858. The Morgan fingerprint density at radius 1 is 1.61 bits per heavy atom. The number of hydrogen-bond acceptors (Lipinski definition) is 4. The van der Waals surface area contributed by atoms with E-state index in [9.17, 15) is 14.9 Å². The molecule has 0 bridgehead atoms. The van der Waals surface area contributed by atoms with Crippen LogP contribution in [0.5, 0.6) is 0 Å². The number of benzene rings is 1. The lowest BCUT2D eigenvalue weighted by Gasteiger charge is -2.09. The second-order valence-electron chi connectivity index (χ2n) is 3.46. The van der Waals surface area contributed by atoms with Gasteiger partial charge in [0.05, 0.1) is 11.5 Å². The third-order valence-electron chi connectivity index (χ3n) is 2.18. The molecule has 0 heterocycles. The van der Waals surface area contributed by atoms with Crippen LogP contribution < -0.4 is 0 Å². The van der Waals surface area contributed by atoms with Crippen molar-refractivity contribution in [2.45, 2.75) is 18.7 Å². The van der Waals surface area contributed by atoms with Crippen LogP contribution in [0.15, 0.2) is 22.7 Å². The van der Waals surface area contributed by atoms with Crippen molar-refractivity contribution in [2.24, 2.45) is 0 Å². The average molecular weight is 337 g/mol. The van der Waals surface area contributed by atoms with Gasteiger partial charge >= 0.3 is 5.97 Å². The second-order valence-corrected chi connectivity index (χ2v) is 4.84. The van der Waals surface area contributed by atoms with E-state index < -0.39 is 16.3 Å². The number of carbonyl (C=O) groups excluding carboxylic acids is 1. The van der Waals surface area contributed by atoms with Gasteiger partial charge in [0, 0.05) is 23.0 Å². The Morgan fingerprint density at radius 3 is 2.83 bits per heavy atom. The van der Waals surface area contributed by atoms with Crippen molar-refractivity contribution >= 4 is 39.2 Å². The maximum absolute atomic E-state index is 11.4. The van der Waals surface area contributed by atoms with Crippen LogP contribution in [0.4, 0.5) is 5.69 Å². The van der Waals surface area contributed by atoms with Crippen molar-refractivity contribution in [1.82, 2.24) is 0 Å². The summed E-state index contributed by atoms with van der Waals surface area (Å²) in [5.74, 6) is -0.530. The van der Waals surface area contributed by atoms with E-state index in [2.05, 4.69) is 15.9 Å². The highest BCUT2D eigenvalue weighted by atomic mass is 79.9. The van der Waals surface area contributed by atoms with Crippen molar-refractivity contribution in [3.63, 3.8) is 0 Å². The molecule has 0 aliphatic carbocycles. The molecule has 0 aliphatic rings. The van der Waals surface area contributed by atoms with E-state index in [1.165, 1.54) is 12.1 Å². The molecule has 0 saturated heterocycles. The van der Waals surface area contributed by atoms with Crippen molar-refractivity contribution in [2.75, 3.05) is 6.61 Å². The van der Waals surface area contributed by atoms with Gasteiger partial charge in [0.1, 0.15) is 5.38 Å². The largest absolute Gasteiger partial charge is 0.465 e. The molecule has 1 atom stereocenters. The van der Waals surface area contributed by atoms with Gasteiger partial charge in [-0.25, -0.2) is 0 Å². The topological polar surface area (TPSA) is 69.4 Å². The highest BCUT2D eigenvalue weighted by Gasteiger charge is 2.20. The smallest absolute Gasteiger partial charge is 0.324 e. The number of hydrogen-bond donors (Lipinski definition) is 0. The van der Waals surface area contributed by atoms with Gasteiger partial charge < -0.3 is 4.74 Å². The van der Waals surface area contributed by atoms with Gasteiger partial charge in [-0.3, -0.25) is 14.9 Å². The van der Waals surface area contributed by atoms with Gasteiger partial charge in [-0.05, 0) is 18.6 Å². The quantitative estimate of drug-likeness (QED) is 0.358. The highest BCUT2D eigenvalue weighted by molar-refractivity contribution is 9.10. The molecular weight excluding hydrogens is 325 g/mol. The van der Waals surface area contributed by atoms with Gasteiger partial charge in [-0.1, -0.05) is 15.9 Å². The summed E-state index contributed by atoms with van der Waals surface area (Å²) in [5, 5.41) is 9.79. The van der Waals surface area contributed by atoms with Crippen LogP contribution in [0.2, 0.25) is 0 Å². The summed E-state index contributed by atoms with van der Waals surface area (Å²) in [5.41, 5.74) is 0.554. The fourth-order valence-electron chi connectivity index (χ4n) is 1.34. The zero-order chi connectivity index (χ0) is 13.7. The number of halogens is 2. The summed E-state index contributed by atoms with van der Waals surface area (Å²) in [4.78, 5) is 21.5. The predicted octanol–water partition coefficient (Wildman–Crippen LogP) is 3.07. The molecule has 5 nitrogen and oxygen atoms in total. The third-order valence-corrected chi connectivity index (χ3v) is 3.29. The van der Waals surface area contributed by atoms with Crippen LogP contribution in [0.3, 0.4) is 0 Å². The van der Waals surface area contributed by atoms with Crippen molar-refractivity contribution in [1.29, 1.82) is 0 Å². The van der Waals surface area contributed by atoms with Crippen LogP contribution in [-0.2, 0) is 16.0 Å². The Hall–Kier alpha value is -1.14. The van der Waals surface area contributed by atoms with Gasteiger partial charge in [0.25, 0.3) is 5.69 Å². The fourth-order valence-corrected chi connectivity index (χ4v) is 1.98. The zero-order valence-electron chi connectivity index (χ0n) is 9.56. The van der Waals surface area contributed by atoms with Crippen LogP contribution in [0.1, 0.15) is 12.5 Å². The molecule has 0 radical (unpaired) electrons. The third kappa shape index (κ3) is 3.96. The SMILES string of the molecule is CCOC(=O)C(Cl)Cc1cc([N+](=O)[O-])ccc1Br. The fraction of sp³-hybridized carbons (Fsp3) is 0.364. The van der Waals surface area contributed by atoms with E-state index >= 15 is 0 Å². The van der Waals surface area contributed by atoms with E-state index in [1.54, 1.807) is 13.0 Å². The molecule has 1 aromatic rings. The lowest BCUT2D eigenvalue weighted by molar-refractivity contribution is -0.384. The minimum Gasteiger partial charge on any atom is -0.465 e. The molecule has 0 spiro atoms. The molecular formula is C11H11BrClNO4. The molecule has 1 aromatic carbocycles. The first-order valence-electron chi connectivity index (χ1n) is 5.19. The molecule has 0 aromatic heterocycles. The number of alkyl halides is 1. The van der Waals surface area contributed by atoms with Crippen molar-refractivity contribution < 1.29 is 14.5 Å². The number of carbonyl (C=O) groups is 1. The monoisotopic (exact) mass is 335 g/mol. The number of ether oxygens (including phenoxy) is 1. The Kier molecular flexibility index (Phi) is 5.55. The van der Waals surface area contributed by atoms with Crippen LogP contribution in [0, 0.1) is 10.1 Å². The molecule has 0 amide bonds. The normalized spacial score (nSPS) is 11.9. The molecule has 0 saturated carbocycles. The number of non-ortho nitro benzene ring substituents is 1. The van der Waals surface area contributed by atoms with Gasteiger partial charge in [0.15, 0.2) is 0 Å². The number of nitro benzene ring substituents is 1. The Morgan fingerprint density at radius 2 is 2.28 bits per heavy atom. The van der Waals surface area contributed by atoms with E-state index in [0.717, 1.165) is 0 Å². The molecule has 1 rings (SSSR count). The van der Waals surface area contributed by atoms with Gasteiger partial charge in [-0.2, -0.15) is 0 Å². The van der Waals surface area contributed by atoms with Crippen LogP contribution >= 0.6 is 27.5 Å². The van der Waals surface area contributed by atoms with Gasteiger partial charge in [-0.15, -0.1) is 11.6 Å². The molecule has 0 N–H and O–H groups in total. The van der Waals surface area contributed by atoms with Crippen LogP contribution in [-0.4, -0.2) is 22.9 Å². The number of nitrogens with zero attached hydrogens (tertiary/aromatic N) is 1. The number of nitro groups is 1. The van der Waals surface area contributed by atoms with Gasteiger partial charge in [0.2, 0.25) is 0 Å². The molecule has 0 aliphatic heterocycles. The summed E-state index contributed by atoms with van der Waals surface area (Å²) >= 11 is 9.15. The summed E-state index contributed by atoms with van der Waals surface area (Å²) in [6, 6.07) is 4.32. The van der Waals surface area contributed by atoms with E-state index in [1.807, 2.05) is 0 Å². The average Bonchev–Trinajstić information content (AvgIpc) is 2.31. The number of esters is 1. The van der Waals surface area contributed by atoms with Crippen molar-refractivity contribution in [3.8, 4) is 0 Å². The molecule has 1 unspecified atom stereocenters. The maximum Gasteiger partial charge on any atom is 0.324 e. The Balaban J connectivity index is 2.86. The van der Waals surface area contributed by atoms with Crippen molar-refractivity contribution in [3.05, 3.63) is 38.3 Å². The summed E-state index contributed by atoms with van der Waals surface area (Å²) < 4.78 is 5.44. The van der Waals surface area contributed by atoms with Crippen LogP contribution in [0.25, 0.3) is 0 Å². The maximum atomic E-state index is 11.4. The molecule has 98 valence electrons.